The number of aryl methyl sites for hydroxylation is 1. The maximum atomic E-state index is 13.0. The molecule has 0 radical (unpaired) electrons. The van der Waals surface area contributed by atoms with Crippen LogP contribution in [0.25, 0.3) is 10.9 Å². The molecule has 1 aliphatic heterocycles. The monoisotopic (exact) mass is 494 g/mol. The van der Waals surface area contributed by atoms with Crippen LogP contribution in [0.5, 0.6) is 0 Å². The molecule has 3 aromatic carbocycles. The molecule has 2 amide bonds. The molecule has 1 unspecified atom stereocenters. The molecule has 37 heavy (non-hydrogen) atoms. The third-order valence-electron chi connectivity index (χ3n) is 7.28. The van der Waals surface area contributed by atoms with Crippen LogP contribution in [-0.2, 0) is 6.42 Å². The molecule has 1 fully saturated rings. The molecular weight excluding hydrogens is 460 g/mol. The summed E-state index contributed by atoms with van der Waals surface area (Å²) in [5.41, 5.74) is 4.07. The topological polar surface area (TPSA) is 77.5 Å². The zero-order chi connectivity index (χ0) is 25.7. The summed E-state index contributed by atoms with van der Waals surface area (Å²) in [6, 6.07) is 30.0. The highest BCUT2D eigenvalue weighted by Gasteiger charge is 2.35. The van der Waals surface area contributed by atoms with Crippen molar-refractivity contribution >= 4 is 22.6 Å². The molecule has 5 rings (SSSR count). The molecular formula is C31H34N4O2. The van der Waals surface area contributed by atoms with Gasteiger partial charge in [0.25, 0.3) is 0 Å². The van der Waals surface area contributed by atoms with Gasteiger partial charge in [0, 0.05) is 37.1 Å². The fourth-order valence-electron chi connectivity index (χ4n) is 5.30. The van der Waals surface area contributed by atoms with Crippen LogP contribution in [0.4, 0.5) is 10.5 Å². The molecule has 190 valence electrons. The average molecular weight is 495 g/mol. The number of nitrogens with zero attached hydrogens (tertiary/aromatic N) is 2. The molecule has 0 spiro atoms. The largest absolute Gasteiger partial charge is 0.389 e. The molecule has 1 aromatic heterocycles. The number of benzene rings is 3. The number of para-hydroxylation sites is 1. The van der Waals surface area contributed by atoms with Gasteiger partial charge in [-0.2, -0.15) is 0 Å². The van der Waals surface area contributed by atoms with Gasteiger partial charge in [-0.15, -0.1) is 0 Å². The van der Waals surface area contributed by atoms with E-state index in [1.807, 2.05) is 73.7 Å². The standard InChI is InChI=1S/C31H34N4O2/c1-23-20-28(26-14-8-9-15-27(26)33-23)34-30(36)32-22-29(25-12-6-3-7-13-25)35-18-16-31(37,17-19-35)21-24-10-4-2-5-11-24/h2-15,20,29,37H,16-19,21-22H2,1H3,(H2,32,33,34,36). The number of carbonyl (C=O) groups excluding carboxylic acids is 1. The quantitative estimate of drug-likeness (QED) is 0.318. The number of carbonyl (C=O) groups is 1. The Morgan fingerprint density at radius 2 is 1.62 bits per heavy atom. The Hall–Kier alpha value is -3.74. The number of aromatic nitrogens is 1. The molecule has 1 aliphatic rings. The third-order valence-corrected chi connectivity index (χ3v) is 7.28. The fraction of sp³-hybridized carbons (Fsp3) is 0.290. The van der Waals surface area contributed by atoms with Gasteiger partial charge in [0.05, 0.1) is 22.8 Å². The van der Waals surface area contributed by atoms with Crippen LogP contribution >= 0.6 is 0 Å². The van der Waals surface area contributed by atoms with E-state index in [1.54, 1.807) is 0 Å². The number of hydrogen-bond acceptors (Lipinski definition) is 4. The number of likely N-dealkylation sites (tertiary alicyclic amines) is 1. The number of hydrogen-bond donors (Lipinski definition) is 3. The number of amides is 2. The Morgan fingerprint density at radius 3 is 2.35 bits per heavy atom. The van der Waals surface area contributed by atoms with Crippen LogP contribution in [0, 0.1) is 6.92 Å². The van der Waals surface area contributed by atoms with Crippen molar-refractivity contribution in [2.45, 2.75) is 37.8 Å². The van der Waals surface area contributed by atoms with Crippen molar-refractivity contribution in [3.8, 4) is 0 Å². The first-order chi connectivity index (χ1) is 18.0. The third kappa shape index (κ3) is 6.16. The van der Waals surface area contributed by atoms with E-state index in [9.17, 15) is 9.90 Å². The molecule has 0 bridgehead atoms. The van der Waals surface area contributed by atoms with Crippen molar-refractivity contribution in [3.63, 3.8) is 0 Å². The molecule has 1 saturated heterocycles. The number of anilines is 1. The summed E-state index contributed by atoms with van der Waals surface area (Å²) in [4.78, 5) is 19.9. The van der Waals surface area contributed by atoms with Gasteiger partial charge in [0.15, 0.2) is 0 Å². The SMILES string of the molecule is Cc1cc(NC(=O)NCC(c2ccccc2)N2CCC(O)(Cc3ccccc3)CC2)c2ccccc2n1. The van der Waals surface area contributed by atoms with Crippen molar-refractivity contribution in [2.75, 3.05) is 25.0 Å². The Balaban J connectivity index is 1.26. The first-order valence-corrected chi connectivity index (χ1v) is 13.0. The summed E-state index contributed by atoms with van der Waals surface area (Å²) in [5, 5.41) is 18.3. The van der Waals surface area contributed by atoms with Crippen LogP contribution in [0.2, 0.25) is 0 Å². The normalized spacial score (nSPS) is 16.3. The zero-order valence-corrected chi connectivity index (χ0v) is 21.2. The highest BCUT2D eigenvalue weighted by molar-refractivity contribution is 6.00. The van der Waals surface area contributed by atoms with E-state index >= 15 is 0 Å². The van der Waals surface area contributed by atoms with Crippen LogP contribution in [0.15, 0.2) is 91.0 Å². The second-order valence-corrected chi connectivity index (χ2v) is 10.0. The van der Waals surface area contributed by atoms with Gasteiger partial charge in [-0.05, 0) is 43.0 Å². The van der Waals surface area contributed by atoms with Gasteiger partial charge < -0.3 is 15.7 Å². The smallest absolute Gasteiger partial charge is 0.319 e. The van der Waals surface area contributed by atoms with Gasteiger partial charge in [0.1, 0.15) is 0 Å². The first-order valence-electron chi connectivity index (χ1n) is 13.0. The number of pyridine rings is 1. The van der Waals surface area contributed by atoms with Crippen molar-refractivity contribution in [2.24, 2.45) is 0 Å². The van der Waals surface area contributed by atoms with Crippen molar-refractivity contribution in [1.29, 1.82) is 0 Å². The maximum Gasteiger partial charge on any atom is 0.319 e. The van der Waals surface area contributed by atoms with Crippen molar-refractivity contribution < 1.29 is 9.90 Å². The molecule has 1 atom stereocenters. The van der Waals surface area contributed by atoms with E-state index in [-0.39, 0.29) is 12.1 Å². The minimum atomic E-state index is -0.704. The van der Waals surface area contributed by atoms with Crippen molar-refractivity contribution in [3.05, 3.63) is 108 Å². The number of urea groups is 1. The van der Waals surface area contributed by atoms with E-state index in [2.05, 4.69) is 44.8 Å². The van der Waals surface area contributed by atoms with Crippen molar-refractivity contribution in [1.82, 2.24) is 15.2 Å². The average Bonchev–Trinajstić information content (AvgIpc) is 2.91. The lowest BCUT2D eigenvalue weighted by molar-refractivity contribution is -0.0306. The molecule has 6 nitrogen and oxygen atoms in total. The van der Waals surface area contributed by atoms with Crippen LogP contribution in [0.3, 0.4) is 0 Å². The lowest BCUT2D eigenvalue weighted by atomic mass is 9.84. The summed E-state index contributed by atoms with van der Waals surface area (Å²) < 4.78 is 0. The number of rotatable bonds is 7. The molecule has 0 saturated carbocycles. The Morgan fingerprint density at radius 1 is 0.973 bits per heavy atom. The lowest BCUT2D eigenvalue weighted by Gasteiger charge is -2.42. The van der Waals surface area contributed by atoms with Gasteiger partial charge >= 0.3 is 6.03 Å². The van der Waals surface area contributed by atoms with Gasteiger partial charge in [-0.3, -0.25) is 9.88 Å². The van der Waals surface area contributed by atoms with E-state index in [0.717, 1.165) is 46.5 Å². The number of nitrogens with one attached hydrogen (secondary N) is 2. The highest BCUT2D eigenvalue weighted by Crippen LogP contribution is 2.31. The summed E-state index contributed by atoms with van der Waals surface area (Å²) in [7, 11) is 0. The van der Waals surface area contributed by atoms with E-state index in [1.165, 1.54) is 0 Å². The van der Waals surface area contributed by atoms with E-state index in [4.69, 9.17) is 0 Å². The lowest BCUT2D eigenvalue weighted by Crippen LogP contribution is -2.49. The highest BCUT2D eigenvalue weighted by atomic mass is 16.3. The number of aliphatic hydroxyl groups is 1. The van der Waals surface area contributed by atoms with Gasteiger partial charge in [-0.1, -0.05) is 78.9 Å². The van der Waals surface area contributed by atoms with E-state index < -0.39 is 5.60 Å². The van der Waals surface area contributed by atoms with Gasteiger partial charge in [-0.25, -0.2) is 4.79 Å². The zero-order valence-electron chi connectivity index (χ0n) is 21.2. The van der Waals surface area contributed by atoms with Crippen LogP contribution < -0.4 is 10.6 Å². The maximum absolute atomic E-state index is 13.0. The van der Waals surface area contributed by atoms with Crippen LogP contribution in [-0.4, -0.2) is 46.3 Å². The Labute approximate surface area is 218 Å². The number of piperidine rings is 1. The van der Waals surface area contributed by atoms with Crippen LogP contribution in [0.1, 0.15) is 35.7 Å². The fourth-order valence-corrected chi connectivity index (χ4v) is 5.30. The Bertz CT molecular complexity index is 1340. The second kappa shape index (κ2) is 11.1. The van der Waals surface area contributed by atoms with E-state index in [0.29, 0.717) is 25.8 Å². The van der Waals surface area contributed by atoms with Gasteiger partial charge in [0.2, 0.25) is 0 Å². The number of fused-ring (bicyclic) bond motifs is 1. The predicted molar refractivity (Wildman–Crippen MR) is 149 cm³/mol. The molecule has 0 aliphatic carbocycles. The summed E-state index contributed by atoms with van der Waals surface area (Å²) >= 11 is 0. The molecule has 4 aromatic rings. The molecule has 6 heteroatoms. The minimum Gasteiger partial charge on any atom is -0.389 e. The molecule has 3 N–H and O–H groups in total. The Kier molecular flexibility index (Phi) is 7.49. The first kappa shape index (κ1) is 24.9. The molecule has 2 heterocycles. The summed E-state index contributed by atoms with van der Waals surface area (Å²) in [6.07, 6.45) is 2.05. The second-order valence-electron chi connectivity index (χ2n) is 10.0. The summed E-state index contributed by atoms with van der Waals surface area (Å²) in [5.74, 6) is 0. The minimum absolute atomic E-state index is 0.0177. The predicted octanol–water partition coefficient (Wildman–Crippen LogP) is 5.48. The summed E-state index contributed by atoms with van der Waals surface area (Å²) in [6.45, 7) is 3.92.